The summed E-state index contributed by atoms with van der Waals surface area (Å²) in [5, 5.41) is 5.66. The number of nitrogens with two attached hydrogens (primary N) is 1. The van der Waals surface area contributed by atoms with Crippen molar-refractivity contribution in [3.8, 4) is 11.5 Å². The van der Waals surface area contributed by atoms with Crippen molar-refractivity contribution in [1.29, 1.82) is 0 Å². The lowest BCUT2D eigenvalue weighted by molar-refractivity contribution is 0.174. The lowest BCUT2D eigenvalue weighted by Gasteiger charge is -2.23. The fourth-order valence-corrected chi connectivity index (χ4v) is 2.60. The van der Waals surface area contributed by atoms with E-state index in [1.165, 1.54) is 0 Å². The van der Waals surface area contributed by atoms with E-state index in [4.69, 9.17) is 15.2 Å². The normalized spacial score (nSPS) is 14.7. The van der Waals surface area contributed by atoms with E-state index < -0.39 is 0 Å². The Morgan fingerprint density at radius 2 is 2.05 bits per heavy atom. The Labute approximate surface area is 124 Å². The number of nitrogens with one attached hydrogen (secondary N) is 1. The molecule has 0 fully saturated rings. The molecule has 0 aliphatic carbocycles. The quantitative estimate of drug-likeness (QED) is 0.885. The lowest BCUT2D eigenvalue weighted by atomic mass is 10.0. The van der Waals surface area contributed by atoms with Crippen LogP contribution in [0.25, 0.3) is 10.8 Å². The molecule has 5 nitrogen and oxygen atoms in total. The maximum atomic E-state index is 5.71. The first-order valence-corrected chi connectivity index (χ1v) is 7.34. The molecule has 1 aliphatic rings. The molecule has 0 saturated heterocycles. The van der Waals surface area contributed by atoms with Gasteiger partial charge in [-0.15, -0.1) is 0 Å². The molecule has 2 heterocycles. The van der Waals surface area contributed by atoms with Gasteiger partial charge < -0.3 is 20.5 Å². The molecule has 1 aromatic carbocycles. The third-order valence-corrected chi connectivity index (χ3v) is 3.86. The minimum Gasteiger partial charge on any atom is -0.454 e. The Morgan fingerprint density at radius 3 is 2.76 bits per heavy atom. The van der Waals surface area contributed by atoms with E-state index in [1.54, 1.807) is 0 Å². The molecular formula is C16H21N3O2. The summed E-state index contributed by atoms with van der Waals surface area (Å²) in [7, 11) is 0. The van der Waals surface area contributed by atoms with Crippen molar-refractivity contribution < 1.29 is 9.47 Å². The Morgan fingerprint density at radius 1 is 1.29 bits per heavy atom. The van der Waals surface area contributed by atoms with E-state index in [9.17, 15) is 0 Å². The van der Waals surface area contributed by atoms with Gasteiger partial charge in [0.15, 0.2) is 11.5 Å². The maximum Gasteiger partial charge on any atom is 0.231 e. The summed E-state index contributed by atoms with van der Waals surface area (Å²) < 4.78 is 10.9. The van der Waals surface area contributed by atoms with Crippen molar-refractivity contribution in [3.05, 3.63) is 24.4 Å². The van der Waals surface area contributed by atoms with Crippen LogP contribution in [0.4, 0.5) is 5.82 Å². The Hall–Kier alpha value is -2.01. The second-order valence-corrected chi connectivity index (χ2v) is 5.66. The predicted octanol–water partition coefficient (Wildman–Crippen LogP) is 2.75. The smallest absolute Gasteiger partial charge is 0.231 e. The lowest BCUT2D eigenvalue weighted by Crippen LogP contribution is -2.28. The Kier molecular flexibility index (Phi) is 3.84. The molecule has 3 N–H and O–H groups in total. The van der Waals surface area contributed by atoms with E-state index in [0.717, 1.165) is 34.5 Å². The van der Waals surface area contributed by atoms with Crippen molar-refractivity contribution in [2.75, 3.05) is 18.7 Å². The largest absolute Gasteiger partial charge is 0.454 e. The summed E-state index contributed by atoms with van der Waals surface area (Å²) in [6.45, 7) is 5.32. The minimum absolute atomic E-state index is 0.281. The average Bonchev–Trinajstić information content (AvgIpc) is 2.92. The molecule has 2 aromatic rings. The first kappa shape index (κ1) is 13.9. The summed E-state index contributed by atoms with van der Waals surface area (Å²) in [5.41, 5.74) is 5.71. The van der Waals surface area contributed by atoms with Crippen LogP contribution in [-0.2, 0) is 0 Å². The van der Waals surface area contributed by atoms with Gasteiger partial charge in [-0.3, -0.25) is 0 Å². The minimum atomic E-state index is 0.281. The van der Waals surface area contributed by atoms with Gasteiger partial charge in [0.2, 0.25) is 6.79 Å². The van der Waals surface area contributed by atoms with Crippen LogP contribution in [0.3, 0.4) is 0 Å². The molecule has 3 rings (SSSR count). The maximum absolute atomic E-state index is 5.71. The summed E-state index contributed by atoms with van der Waals surface area (Å²) in [4.78, 5) is 4.49. The highest BCUT2D eigenvalue weighted by molar-refractivity contribution is 5.94. The van der Waals surface area contributed by atoms with Gasteiger partial charge in [-0.25, -0.2) is 4.98 Å². The van der Waals surface area contributed by atoms with E-state index in [-0.39, 0.29) is 6.79 Å². The van der Waals surface area contributed by atoms with Gasteiger partial charge in [0.1, 0.15) is 5.82 Å². The third-order valence-electron chi connectivity index (χ3n) is 3.86. The fraction of sp³-hybridized carbons (Fsp3) is 0.438. The van der Waals surface area contributed by atoms with E-state index in [1.807, 2.05) is 24.4 Å². The number of hydrogen-bond donors (Lipinski definition) is 2. The third kappa shape index (κ3) is 2.74. The molecule has 1 atom stereocenters. The van der Waals surface area contributed by atoms with Gasteiger partial charge in [-0.05, 0) is 42.5 Å². The van der Waals surface area contributed by atoms with Crippen molar-refractivity contribution in [3.63, 3.8) is 0 Å². The molecular weight excluding hydrogens is 266 g/mol. The van der Waals surface area contributed by atoms with Crippen LogP contribution < -0.4 is 20.5 Å². The molecule has 0 amide bonds. The zero-order chi connectivity index (χ0) is 14.8. The molecule has 1 aromatic heterocycles. The van der Waals surface area contributed by atoms with Crippen LogP contribution in [0.15, 0.2) is 24.4 Å². The van der Waals surface area contributed by atoms with Crippen molar-refractivity contribution in [1.82, 2.24) is 4.98 Å². The van der Waals surface area contributed by atoms with Crippen molar-refractivity contribution in [2.24, 2.45) is 11.7 Å². The van der Waals surface area contributed by atoms with Gasteiger partial charge in [0.25, 0.3) is 0 Å². The highest BCUT2D eigenvalue weighted by atomic mass is 16.7. The van der Waals surface area contributed by atoms with Gasteiger partial charge in [-0.1, -0.05) is 13.8 Å². The van der Waals surface area contributed by atoms with Crippen LogP contribution in [0.1, 0.15) is 20.3 Å². The van der Waals surface area contributed by atoms with Crippen LogP contribution in [0, 0.1) is 5.92 Å². The molecule has 0 bridgehead atoms. The fourth-order valence-electron chi connectivity index (χ4n) is 2.60. The number of nitrogens with zero attached hydrogens (tertiary/aromatic N) is 1. The number of fused-ring (bicyclic) bond motifs is 2. The van der Waals surface area contributed by atoms with Gasteiger partial charge in [-0.2, -0.15) is 0 Å². The molecule has 0 spiro atoms. The topological polar surface area (TPSA) is 69.4 Å². The van der Waals surface area contributed by atoms with Crippen molar-refractivity contribution >= 4 is 16.6 Å². The standard InChI is InChI=1S/C16H21N3O2/c1-10(2)13(3-5-17)19-16-12-8-15-14(20-9-21-15)7-11(12)4-6-18-16/h4,6-8,10,13H,3,5,9,17H2,1-2H3,(H,18,19). The van der Waals surface area contributed by atoms with Gasteiger partial charge in [0, 0.05) is 17.6 Å². The molecule has 1 aliphatic heterocycles. The number of rotatable bonds is 5. The number of hydrogen-bond acceptors (Lipinski definition) is 5. The van der Waals surface area contributed by atoms with Crippen LogP contribution in [0.5, 0.6) is 11.5 Å². The SMILES string of the molecule is CC(C)C(CCN)Nc1nccc2cc3c(cc12)OCO3. The Bertz CT molecular complexity index is 643. The van der Waals surface area contributed by atoms with Crippen LogP contribution in [0.2, 0.25) is 0 Å². The highest BCUT2D eigenvalue weighted by Gasteiger charge is 2.18. The van der Waals surface area contributed by atoms with E-state index in [2.05, 4.69) is 24.1 Å². The number of anilines is 1. The monoisotopic (exact) mass is 287 g/mol. The molecule has 0 radical (unpaired) electrons. The summed E-state index contributed by atoms with van der Waals surface area (Å²) in [5.74, 6) is 2.93. The summed E-state index contributed by atoms with van der Waals surface area (Å²) >= 11 is 0. The zero-order valence-electron chi connectivity index (χ0n) is 12.4. The van der Waals surface area contributed by atoms with Crippen LogP contribution in [-0.4, -0.2) is 24.4 Å². The molecule has 112 valence electrons. The summed E-state index contributed by atoms with van der Waals surface area (Å²) in [6.07, 6.45) is 2.73. The Balaban J connectivity index is 1.98. The number of pyridine rings is 1. The molecule has 5 heteroatoms. The van der Waals surface area contributed by atoms with Gasteiger partial charge in [0.05, 0.1) is 0 Å². The molecule has 21 heavy (non-hydrogen) atoms. The molecule has 0 saturated carbocycles. The predicted molar refractivity (Wildman–Crippen MR) is 83.8 cm³/mol. The number of ether oxygens (including phenoxy) is 2. The van der Waals surface area contributed by atoms with Crippen molar-refractivity contribution in [2.45, 2.75) is 26.3 Å². The first-order chi connectivity index (χ1) is 10.2. The first-order valence-electron chi connectivity index (χ1n) is 7.34. The number of benzene rings is 1. The second-order valence-electron chi connectivity index (χ2n) is 5.66. The number of aromatic nitrogens is 1. The highest BCUT2D eigenvalue weighted by Crippen LogP contribution is 2.38. The molecule has 1 unspecified atom stereocenters. The van der Waals surface area contributed by atoms with E-state index >= 15 is 0 Å². The summed E-state index contributed by atoms with van der Waals surface area (Å²) in [6, 6.07) is 6.28. The van der Waals surface area contributed by atoms with E-state index in [0.29, 0.717) is 18.5 Å². The van der Waals surface area contributed by atoms with Crippen LogP contribution >= 0.6 is 0 Å². The average molecular weight is 287 g/mol. The zero-order valence-corrected chi connectivity index (χ0v) is 12.4. The second kappa shape index (κ2) is 5.77. The van der Waals surface area contributed by atoms with Gasteiger partial charge >= 0.3 is 0 Å².